The summed E-state index contributed by atoms with van der Waals surface area (Å²) in [4.78, 5) is 15.9. The van der Waals surface area contributed by atoms with E-state index in [4.69, 9.17) is 4.74 Å². The first-order chi connectivity index (χ1) is 15.4. The van der Waals surface area contributed by atoms with Crippen molar-refractivity contribution in [3.05, 3.63) is 99.0 Å². The lowest BCUT2D eigenvalue weighted by Crippen LogP contribution is -2.42. The van der Waals surface area contributed by atoms with Gasteiger partial charge in [-0.05, 0) is 84.4 Å². The number of rotatable bonds is 3. The minimum Gasteiger partial charge on any atom is -0.497 e. The predicted octanol–water partition coefficient (Wildman–Crippen LogP) is 6.43. The van der Waals surface area contributed by atoms with E-state index in [-0.39, 0.29) is 5.91 Å². The number of anilines is 1. The topological polar surface area (TPSA) is 29.5 Å². The van der Waals surface area contributed by atoms with Crippen molar-refractivity contribution in [3.63, 3.8) is 0 Å². The van der Waals surface area contributed by atoms with Crippen molar-refractivity contribution in [2.75, 3.05) is 19.1 Å². The number of ether oxygens (including phenoxy) is 1. The number of hydrogen-bond donors (Lipinski definition) is 0. The summed E-state index contributed by atoms with van der Waals surface area (Å²) in [7, 11) is 3.61. The molecule has 1 aliphatic heterocycles. The van der Waals surface area contributed by atoms with E-state index in [2.05, 4.69) is 53.2 Å². The maximum atomic E-state index is 14.0. The zero-order chi connectivity index (χ0) is 22.5. The van der Waals surface area contributed by atoms with Crippen LogP contribution in [0.1, 0.15) is 35.6 Å². The minimum atomic E-state index is -0.630. The monoisotopic (exact) mass is 487 g/mol. The molecule has 162 valence electrons. The van der Waals surface area contributed by atoms with E-state index >= 15 is 0 Å². The number of amides is 1. The van der Waals surface area contributed by atoms with Crippen molar-refractivity contribution < 1.29 is 9.53 Å². The molecule has 1 heterocycles. The van der Waals surface area contributed by atoms with E-state index in [1.165, 1.54) is 27.8 Å². The number of fused-ring (bicyclic) bond motifs is 4. The van der Waals surface area contributed by atoms with Crippen molar-refractivity contribution in [1.82, 2.24) is 0 Å². The quantitative estimate of drug-likeness (QED) is 0.425. The second-order valence-corrected chi connectivity index (χ2v) is 9.81. The maximum absolute atomic E-state index is 14.0. The van der Waals surface area contributed by atoms with Gasteiger partial charge in [0.15, 0.2) is 0 Å². The van der Waals surface area contributed by atoms with Gasteiger partial charge in [0, 0.05) is 17.1 Å². The number of halogens is 1. The first kappa shape index (κ1) is 21.0. The molecule has 1 aliphatic carbocycles. The van der Waals surface area contributed by atoms with Crippen molar-refractivity contribution in [2.24, 2.45) is 5.41 Å². The molecule has 3 aromatic rings. The average Bonchev–Trinajstić information content (AvgIpc) is 2.88. The van der Waals surface area contributed by atoms with Gasteiger partial charge < -0.3 is 9.64 Å². The molecule has 5 rings (SSSR count). The highest BCUT2D eigenvalue weighted by molar-refractivity contribution is 9.10. The molecule has 0 spiro atoms. The highest BCUT2D eigenvalue weighted by Gasteiger charge is 2.45. The summed E-state index contributed by atoms with van der Waals surface area (Å²) in [6.07, 6.45) is 2.43. The van der Waals surface area contributed by atoms with Crippen LogP contribution in [0.4, 0.5) is 5.69 Å². The number of benzene rings is 3. The van der Waals surface area contributed by atoms with Crippen LogP contribution in [0.25, 0.3) is 5.57 Å². The summed E-state index contributed by atoms with van der Waals surface area (Å²) in [6.45, 7) is 2.13. The lowest BCUT2D eigenvalue weighted by molar-refractivity contribution is -0.125. The molecule has 0 saturated heterocycles. The van der Waals surface area contributed by atoms with Crippen molar-refractivity contribution >= 4 is 33.1 Å². The molecule has 0 bridgehead atoms. The van der Waals surface area contributed by atoms with Gasteiger partial charge in [-0.1, -0.05) is 52.3 Å². The maximum Gasteiger partial charge on any atom is 0.237 e. The molecule has 1 amide bonds. The molecule has 2 aliphatic rings. The Balaban J connectivity index is 1.81. The Kier molecular flexibility index (Phi) is 5.21. The van der Waals surface area contributed by atoms with Gasteiger partial charge in [-0.3, -0.25) is 4.79 Å². The lowest BCUT2D eigenvalue weighted by Gasteiger charge is -2.36. The zero-order valence-corrected chi connectivity index (χ0v) is 20.2. The van der Waals surface area contributed by atoms with Crippen LogP contribution >= 0.6 is 15.9 Å². The van der Waals surface area contributed by atoms with E-state index in [9.17, 15) is 4.79 Å². The number of aryl methyl sites for hydroxylation is 1. The smallest absolute Gasteiger partial charge is 0.237 e. The number of methoxy groups -OCH3 is 1. The Morgan fingerprint density at radius 1 is 1.00 bits per heavy atom. The number of nitrogens with zero attached hydrogens (tertiary/aromatic N) is 1. The summed E-state index contributed by atoms with van der Waals surface area (Å²) in [6, 6.07) is 22.9. The van der Waals surface area contributed by atoms with E-state index in [1.54, 1.807) is 7.11 Å². The highest BCUT2D eigenvalue weighted by Crippen LogP contribution is 2.51. The lowest BCUT2D eigenvalue weighted by atomic mass is 9.68. The second kappa shape index (κ2) is 7.93. The molecule has 3 nitrogen and oxygen atoms in total. The molecular formula is C28H26BrNO2. The summed E-state index contributed by atoms with van der Waals surface area (Å²) < 4.78 is 6.51. The molecule has 0 radical (unpaired) electrons. The Morgan fingerprint density at radius 2 is 1.78 bits per heavy atom. The number of carbonyl (C=O) groups excluding carboxylic acids is 1. The third-order valence-electron chi connectivity index (χ3n) is 6.96. The molecule has 1 atom stereocenters. The van der Waals surface area contributed by atoms with E-state index in [1.807, 2.05) is 48.3 Å². The van der Waals surface area contributed by atoms with Gasteiger partial charge >= 0.3 is 0 Å². The molecule has 3 aromatic carbocycles. The first-order valence-corrected chi connectivity index (χ1v) is 11.7. The Labute approximate surface area is 197 Å². The van der Waals surface area contributed by atoms with Gasteiger partial charge in [0.25, 0.3) is 0 Å². The molecule has 0 N–H and O–H groups in total. The fraction of sp³-hybridized carbons (Fsp3) is 0.250. The molecule has 1 unspecified atom stereocenters. The summed E-state index contributed by atoms with van der Waals surface area (Å²) in [5.74, 6) is 1.02. The van der Waals surface area contributed by atoms with Crippen LogP contribution in [-0.2, 0) is 17.6 Å². The molecule has 0 aromatic heterocycles. The fourth-order valence-corrected chi connectivity index (χ4v) is 5.71. The van der Waals surface area contributed by atoms with Gasteiger partial charge in [0.1, 0.15) is 5.75 Å². The SMILES string of the molecule is COc1ccc2c(c1)CCC1=C2c2cc(Br)ccc2N(C)C(=O)C1(C)Cc1ccccc1. The van der Waals surface area contributed by atoms with Gasteiger partial charge in [0.05, 0.1) is 18.2 Å². The molecule has 0 saturated carbocycles. The van der Waals surface area contributed by atoms with Gasteiger partial charge in [0.2, 0.25) is 5.91 Å². The molecule has 32 heavy (non-hydrogen) atoms. The Morgan fingerprint density at radius 3 is 2.53 bits per heavy atom. The molecule has 0 fully saturated rings. The molecular weight excluding hydrogens is 462 g/mol. The van der Waals surface area contributed by atoms with Gasteiger partial charge in [-0.25, -0.2) is 0 Å². The third-order valence-corrected chi connectivity index (χ3v) is 7.45. The van der Waals surface area contributed by atoms with Crippen LogP contribution in [-0.4, -0.2) is 20.1 Å². The second-order valence-electron chi connectivity index (χ2n) is 8.90. The first-order valence-electron chi connectivity index (χ1n) is 11.0. The Hall–Kier alpha value is -2.85. The van der Waals surface area contributed by atoms with Crippen molar-refractivity contribution in [2.45, 2.75) is 26.2 Å². The van der Waals surface area contributed by atoms with E-state index < -0.39 is 5.41 Å². The average molecular weight is 488 g/mol. The van der Waals surface area contributed by atoms with Gasteiger partial charge in [-0.15, -0.1) is 0 Å². The standard InChI is InChI=1S/C28H26BrNO2/c1-28(17-18-7-5-4-6-8-18)24-13-9-19-15-21(32-3)11-12-22(19)26(24)23-16-20(29)10-14-25(23)30(2)27(28)31/h4-8,10-12,14-16H,9,13,17H2,1-3H3. The zero-order valence-electron chi connectivity index (χ0n) is 18.6. The third kappa shape index (κ3) is 3.29. The van der Waals surface area contributed by atoms with Gasteiger partial charge in [-0.2, -0.15) is 0 Å². The summed E-state index contributed by atoms with van der Waals surface area (Å²) in [5.41, 5.74) is 7.50. The van der Waals surface area contributed by atoms with Crippen LogP contribution < -0.4 is 9.64 Å². The van der Waals surface area contributed by atoms with Crippen molar-refractivity contribution in [3.8, 4) is 5.75 Å². The molecule has 4 heteroatoms. The largest absolute Gasteiger partial charge is 0.497 e. The van der Waals surface area contributed by atoms with Crippen molar-refractivity contribution in [1.29, 1.82) is 0 Å². The number of hydrogen-bond acceptors (Lipinski definition) is 2. The van der Waals surface area contributed by atoms with E-state index in [0.717, 1.165) is 34.3 Å². The highest BCUT2D eigenvalue weighted by atomic mass is 79.9. The minimum absolute atomic E-state index is 0.145. The predicted molar refractivity (Wildman–Crippen MR) is 133 cm³/mol. The van der Waals surface area contributed by atoms with Crippen LogP contribution in [0, 0.1) is 5.41 Å². The fourth-order valence-electron chi connectivity index (χ4n) is 5.35. The van der Waals surface area contributed by atoms with Crippen LogP contribution in [0.2, 0.25) is 0 Å². The van der Waals surface area contributed by atoms with Crippen LogP contribution in [0.5, 0.6) is 5.75 Å². The van der Waals surface area contributed by atoms with Crippen LogP contribution in [0.3, 0.4) is 0 Å². The Bertz CT molecular complexity index is 1250. The van der Waals surface area contributed by atoms with E-state index in [0.29, 0.717) is 6.42 Å². The summed E-state index contributed by atoms with van der Waals surface area (Å²) >= 11 is 3.67. The van der Waals surface area contributed by atoms with Crippen LogP contribution in [0.15, 0.2) is 76.8 Å². The number of carbonyl (C=O) groups is 1. The normalized spacial score (nSPS) is 19.8. The summed E-state index contributed by atoms with van der Waals surface area (Å²) in [5, 5.41) is 0.